The van der Waals surface area contributed by atoms with Crippen LogP contribution in [0, 0.1) is 0 Å². The lowest BCUT2D eigenvalue weighted by Gasteiger charge is -2.28. The highest BCUT2D eigenvalue weighted by Crippen LogP contribution is 2.21. The Bertz CT molecular complexity index is 427. The second-order valence-corrected chi connectivity index (χ2v) is 4.38. The average Bonchev–Trinajstić information content (AvgIpc) is 2.30. The van der Waals surface area contributed by atoms with Gasteiger partial charge in [-0.2, -0.15) is 5.10 Å². The highest BCUT2D eigenvalue weighted by molar-refractivity contribution is 6.32. The van der Waals surface area contributed by atoms with Crippen LogP contribution in [-0.2, 0) is 7.05 Å². The van der Waals surface area contributed by atoms with Crippen molar-refractivity contribution in [2.45, 2.75) is 25.8 Å². The summed E-state index contributed by atoms with van der Waals surface area (Å²) in [6, 6.07) is 0. The monoisotopic (exact) mass is 245 g/mol. The van der Waals surface area contributed by atoms with Crippen molar-refractivity contribution in [2.75, 3.05) is 11.9 Å². The van der Waals surface area contributed by atoms with E-state index in [0.29, 0.717) is 12.1 Å². The molecule has 0 aliphatic rings. The standard InChI is InChI=1S/C10H16ClN3O2/c1-4-10(2,6-15)13-7-5-12-14(3)9(16)8(7)11/h5,13,15H,4,6H2,1-3H3. The minimum atomic E-state index is -0.502. The van der Waals surface area contributed by atoms with E-state index >= 15 is 0 Å². The summed E-state index contributed by atoms with van der Waals surface area (Å²) in [7, 11) is 1.53. The Balaban J connectivity index is 3.08. The first-order valence-electron chi connectivity index (χ1n) is 5.04. The van der Waals surface area contributed by atoms with Crippen LogP contribution in [0.5, 0.6) is 0 Å². The van der Waals surface area contributed by atoms with Crippen LogP contribution < -0.4 is 10.9 Å². The molecule has 1 atom stereocenters. The molecule has 1 aromatic rings. The Kier molecular flexibility index (Phi) is 3.93. The summed E-state index contributed by atoms with van der Waals surface area (Å²) in [5.74, 6) is 0. The van der Waals surface area contributed by atoms with Crippen LogP contribution in [-0.4, -0.2) is 27.0 Å². The second kappa shape index (κ2) is 4.84. The lowest BCUT2D eigenvalue weighted by atomic mass is 10.00. The van der Waals surface area contributed by atoms with Crippen molar-refractivity contribution in [1.82, 2.24) is 9.78 Å². The maximum absolute atomic E-state index is 11.5. The fraction of sp³-hybridized carbons (Fsp3) is 0.600. The minimum absolute atomic E-state index is 0.0466. The van der Waals surface area contributed by atoms with Gasteiger partial charge >= 0.3 is 0 Å². The van der Waals surface area contributed by atoms with Gasteiger partial charge in [-0.1, -0.05) is 18.5 Å². The van der Waals surface area contributed by atoms with Crippen molar-refractivity contribution >= 4 is 17.3 Å². The molecular weight excluding hydrogens is 230 g/mol. The summed E-state index contributed by atoms with van der Waals surface area (Å²) < 4.78 is 1.16. The van der Waals surface area contributed by atoms with E-state index in [1.807, 2.05) is 13.8 Å². The van der Waals surface area contributed by atoms with Crippen LogP contribution >= 0.6 is 11.6 Å². The molecule has 0 amide bonds. The number of aliphatic hydroxyl groups is 1. The molecule has 90 valence electrons. The number of aliphatic hydroxyl groups excluding tert-OH is 1. The van der Waals surface area contributed by atoms with Crippen LogP contribution in [0.3, 0.4) is 0 Å². The third-order valence-corrected chi connectivity index (χ3v) is 3.01. The fourth-order valence-electron chi connectivity index (χ4n) is 1.16. The molecule has 1 unspecified atom stereocenters. The van der Waals surface area contributed by atoms with Gasteiger partial charge in [0.25, 0.3) is 5.56 Å². The average molecular weight is 246 g/mol. The van der Waals surface area contributed by atoms with Gasteiger partial charge in [0.2, 0.25) is 0 Å². The normalized spacial score (nSPS) is 14.6. The quantitative estimate of drug-likeness (QED) is 0.831. The van der Waals surface area contributed by atoms with E-state index in [1.54, 1.807) is 0 Å². The molecule has 16 heavy (non-hydrogen) atoms. The van der Waals surface area contributed by atoms with Gasteiger partial charge in [0.15, 0.2) is 0 Å². The summed E-state index contributed by atoms with van der Waals surface area (Å²) in [5.41, 5.74) is -0.413. The van der Waals surface area contributed by atoms with Crippen molar-refractivity contribution in [3.8, 4) is 0 Å². The molecule has 5 nitrogen and oxygen atoms in total. The lowest BCUT2D eigenvalue weighted by Crippen LogP contribution is -2.38. The minimum Gasteiger partial charge on any atom is -0.394 e. The number of aromatic nitrogens is 2. The molecule has 2 N–H and O–H groups in total. The summed E-state index contributed by atoms with van der Waals surface area (Å²) in [4.78, 5) is 11.5. The molecule has 0 aromatic carbocycles. The van der Waals surface area contributed by atoms with Crippen LogP contribution in [0.15, 0.2) is 11.0 Å². The molecule has 0 fully saturated rings. The topological polar surface area (TPSA) is 67.2 Å². The second-order valence-electron chi connectivity index (χ2n) is 4.00. The van der Waals surface area contributed by atoms with Gasteiger partial charge in [0.05, 0.1) is 24.0 Å². The number of hydrogen-bond acceptors (Lipinski definition) is 4. The van der Waals surface area contributed by atoms with Gasteiger partial charge in [-0.05, 0) is 13.3 Å². The van der Waals surface area contributed by atoms with E-state index in [-0.39, 0.29) is 17.2 Å². The molecule has 0 radical (unpaired) electrons. The van der Waals surface area contributed by atoms with E-state index in [4.69, 9.17) is 11.6 Å². The van der Waals surface area contributed by atoms with Gasteiger partial charge in [-0.15, -0.1) is 0 Å². The van der Waals surface area contributed by atoms with E-state index < -0.39 is 5.54 Å². The van der Waals surface area contributed by atoms with E-state index in [9.17, 15) is 9.90 Å². The Morgan fingerprint density at radius 2 is 2.31 bits per heavy atom. The number of nitrogens with one attached hydrogen (secondary N) is 1. The third kappa shape index (κ3) is 2.54. The Labute approximate surface area is 99.0 Å². The molecule has 0 saturated heterocycles. The Morgan fingerprint density at radius 3 is 2.81 bits per heavy atom. The molecule has 0 bridgehead atoms. The molecular formula is C10H16ClN3O2. The zero-order valence-electron chi connectivity index (χ0n) is 9.62. The molecule has 1 aromatic heterocycles. The van der Waals surface area contributed by atoms with Crippen molar-refractivity contribution in [1.29, 1.82) is 0 Å². The van der Waals surface area contributed by atoms with Crippen LogP contribution in [0.4, 0.5) is 5.69 Å². The third-order valence-electron chi connectivity index (χ3n) is 2.64. The maximum Gasteiger partial charge on any atom is 0.287 e. The molecule has 0 spiro atoms. The largest absolute Gasteiger partial charge is 0.394 e. The highest BCUT2D eigenvalue weighted by atomic mass is 35.5. The first-order chi connectivity index (χ1) is 7.43. The van der Waals surface area contributed by atoms with Gasteiger partial charge < -0.3 is 10.4 Å². The maximum atomic E-state index is 11.5. The zero-order valence-corrected chi connectivity index (χ0v) is 10.4. The first kappa shape index (κ1) is 13.0. The van der Waals surface area contributed by atoms with Gasteiger partial charge in [0, 0.05) is 7.05 Å². The predicted octanol–water partition coefficient (Wildman–Crippen LogP) is 1.01. The number of hydrogen-bond donors (Lipinski definition) is 2. The van der Waals surface area contributed by atoms with E-state index in [1.165, 1.54) is 13.2 Å². The summed E-state index contributed by atoms with van der Waals surface area (Å²) in [6.45, 7) is 3.74. The van der Waals surface area contributed by atoms with Crippen LogP contribution in [0.25, 0.3) is 0 Å². The smallest absolute Gasteiger partial charge is 0.287 e. The molecule has 0 aliphatic carbocycles. The Hall–Kier alpha value is -1.07. The molecule has 0 aliphatic heterocycles. The summed E-state index contributed by atoms with van der Waals surface area (Å²) >= 11 is 5.90. The number of halogens is 1. The summed E-state index contributed by atoms with van der Waals surface area (Å²) in [5, 5.41) is 16.2. The van der Waals surface area contributed by atoms with Crippen LogP contribution in [0.2, 0.25) is 5.02 Å². The van der Waals surface area contributed by atoms with Crippen molar-refractivity contribution in [3.05, 3.63) is 21.6 Å². The van der Waals surface area contributed by atoms with Crippen molar-refractivity contribution < 1.29 is 5.11 Å². The lowest BCUT2D eigenvalue weighted by molar-refractivity contribution is 0.219. The molecule has 0 saturated carbocycles. The molecule has 1 heterocycles. The zero-order chi connectivity index (χ0) is 12.3. The SMILES string of the molecule is CCC(C)(CO)Nc1cnn(C)c(=O)c1Cl. The Morgan fingerprint density at radius 1 is 1.69 bits per heavy atom. The fourth-order valence-corrected chi connectivity index (χ4v) is 1.38. The number of aryl methyl sites for hydroxylation is 1. The van der Waals surface area contributed by atoms with Crippen LogP contribution in [0.1, 0.15) is 20.3 Å². The number of anilines is 1. The van der Waals surface area contributed by atoms with E-state index in [0.717, 1.165) is 4.68 Å². The molecule has 6 heteroatoms. The molecule has 1 rings (SSSR count). The van der Waals surface area contributed by atoms with Gasteiger partial charge in [0.1, 0.15) is 5.02 Å². The first-order valence-corrected chi connectivity index (χ1v) is 5.42. The van der Waals surface area contributed by atoms with Gasteiger partial charge in [-0.3, -0.25) is 4.79 Å². The van der Waals surface area contributed by atoms with Crippen molar-refractivity contribution in [2.24, 2.45) is 7.05 Å². The highest BCUT2D eigenvalue weighted by Gasteiger charge is 2.22. The number of nitrogens with zero attached hydrogens (tertiary/aromatic N) is 2. The predicted molar refractivity (Wildman–Crippen MR) is 63.9 cm³/mol. The summed E-state index contributed by atoms with van der Waals surface area (Å²) in [6.07, 6.45) is 2.18. The van der Waals surface area contributed by atoms with Crippen molar-refractivity contribution in [3.63, 3.8) is 0 Å². The van der Waals surface area contributed by atoms with Gasteiger partial charge in [-0.25, -0.2) is 4.68 Å². The number of rotatable bonds is 4. The van der Waals surface area contributed by atoms with E-state index in [2.05, 4.69) is 10.4 Å².